The summed E-state index contributed by atoms with van der Waals surface area (Å²) in [5, 5.41) is 4.05. The predicted molar refractivity (Wildman–Crippen MR) is 91.1 cm³/mol. The molecule has 0 aliphatic heterocycles. The maximum Gasteiger partial charge on any atom is 0.106 e. The molecule has 0 bridgehead atoms. The number of halogens is 1. The molecule has 0 heterocycles. The number of rotatable bonds is 5. The molecule has 0 aliphatic rings. The molecule has 2 aromatic carbocycles. The van der Waals surface area contributed by atoms with Gasteiger partial charge in [-0.15, -0.1) is 0 Å². The second kappa shape index (κ2) is 6.73. The van der Waals surface area contributed by atoms with Crippen LogP contribution in [0.4, 0.5) is 11.4 Å². The Kier molecular flexibility index (Phi) is 4.99. The fraction of sp³-hybridized carbons (Fsp3) is 0.188. The van der Waals surface area contributed by atoms with Gasteiger partial charge in [-0.3, -0.25) is 0 Å². The van der Waals surface area contributed by atoms with E-state index in [9.17, 15) is 0 Å². The van der Waals surface area contributed by atoms with Crippen LogP contribution in [0.3, 0.4) is 0 Å². The van der Waals surface area contributed by atoms with Crippen LogP contribution in [0.15, 0.2) is 42.5 Å². The first kappa shape index (κ1) is 14.8. The molecule has 4 heteroatoms. The molecule has 20 heavy (non-hydrogen) atoms. The normalized spacial score (nSPS) is 10.3. The minimum atomic E-state index is 0.358. The van der Waals surface area contributed by atoms with Crippen molar-refractivity contribution < 1.29 is 0 Å². The lowest BCUT2D eigenvalue weighted by atomic mass is 10.1. The molecule has 0 aromatic heterocycles. The van der Waals surface area contributed by atoms with Gasteiger partial charge in [0.1, 0.15) is 4.99 Å². The van der Waals surface area contributed by atoms with E-state index >= 15 is 0 Å². The Morgan fingerprint density at radius 3 is 2.65 bits per heavy atom. The van der Waals surface area contributed by atoms with Gasteiger partial charge in [0.25, 0.3) is 0 Å². The number of thiocarbonyl (C=S) groups is 1. The zero-order chi connectivity index (χ0) is 14.5. The van der Waals surface area contributed by atoms with Crippen molar-refractivity contribution in [1.29, 1.82) is 0 Å². The molecule has 0 spiro atoms. The van der Waals surface area contributed by atoms with Crippen LogP contribution in [0.5, 0.6) is 0 Å². The van der Waals surface area contributed by atoms with Gasteiger partial charge in [0, 0.05) is 16.3 Å². The van der Waals surface area contributed by atoms with E-state index in [0.717, 1.165) is 29.8 Å². The maximum absolute atomic E-state index is 6.06. The van der Waals surface area contributed by atoms with Crippen LogP contribution in [-0.2, 0) is 6.42 Å². The molecule has 0 amide bonds. The van der Waals surface area contributed by atoms with Crippen LogP contribution < -0.4 is 11.1 Å². The molecule has 0 saturated heterocycles. The summed E-state index contributed by atoms with van der Waals surface area (Å²) >= 11 is 11.2. The van der Waals surface area contributed by atoms with Crippen molar-refractivity contribution in [1.82, 2.24) is 0 Å². The van der Waals surface area contributed by atoms with E-state index in [1.165, 1.54) is 5.56 Å². The van der Waals surface area contributed by atoms with Crippen molar-refractivity contribution in [2.24, 2.45) is 5.73 Å². The van der Waals surface area contributed by atoms with Crippen molar-refractivity contribution >= 4 is 40.2 Å². The Morgan fingerprint density at radius 1 is 1.20 bits per heavy atom. The van der Waals surface area contributed by atoms with Gasteiger partial charge in [0.15, 0.2) is 0 Å². The number of anilines is 2. The second-order valence-corrected chi connectivity index (χ2v) is 5.46. The van der Waals surface area contributed by atoms with Crippen LogP contribution in [-0.4, -0.2) is 4.99 Å². The third-order valence-electron chi connectivity index (χ3n) is 3.05. The molecular weight excluding hydrogens is 288 g/mol. The molecule has 0 aliphatic carbocycles. The van der Waals surface area contributed by atoms with E-state index < -0.39 is 0 Å². The Hall–Kier alpha value is -1.58. The number of aryl methyl sites for hydroxylation is 1. The fourth-order valence-electron chi connectivity index (χ4n) is 2.11. The topological polar surface area (TPSA) is 38.0 Å². The highest BCUT2D eigenvalue weighted by Gasteiger charge is 2.08. The highest BCUT2D eigenvalue weighted by molar-refractivity contribution is 7.80. The number of nitrogens with one attached hydrogen (secondary N) is 1. The van der Waals surface area contributed by atoms with E-state index in [0.29, 0.717) is 10.0 Å². The zero-order valence-corrected chi connectivity index (χ0v) is 12.9. The highest BCUT2D eigenvalue weighted by atomic mass is 35.5. The van der Waals surface area contributed by atoms with Gasteiger partial charge in [0.2, 0.25) is 0 Å². The van der Waals surface area contributed by atoms with Crippen LogP contribution >= 0.6 is 23.8 Å². The SMILES string of the molecule is CCCc1ccccc1Nc1cc(Cl)ccc1C(N)=S. The van der Waals surface area contributed by atoms with E-state index in [2.05, 4.69) is 24.4 Å². The van der Waals surface area contributed by atoms with E-state index in [4.69, 9.17) is 29.6 Å². The van der Waals surface area contributed by atoms with Gasteiger partial charge < -0.3 is 11.1 Å². The van der Waals surface area contributed by atoms with Crippen LogP contribution in [0, 0.1) is 0 Å². The summed E-state index contributed by atoms with van der Waals surface area (Å²) in [6.07, 6.45) is 2.11. The zero-order valence-electron chi connectivity index (χ0n) is 11.3. The van der Waals surface area contributed by atoms with Gasteiger partial charge in [-0.05, 0) is 36.2 Å². The van der Waals surface area contributed by atoms with Crippen molar-refractivity contribution in [3.8, 4) is 0 Å². The standard InChI is InChI=1S/C16H17ClN2S/c1-2-5-11-6-3-4-7-14(11)19-15-10-12(17)8-9-13(15)16(18)20/h3-4,6-10,19H,2,5H2,1H3,(H2,18,20). The molecule has 2 nitrogen and oxygen atoms in total. The Bertz CT molecular complexity index is 626. The molecule has 0 saturated carbocycles. The minimum Gasteiger partial charge on any atom is -0.389 e. The van der Waals surface area contributed by atoms with E-state index in [-0.39, 0.29) is 0 Å². The minimum absolute atomic E-state index is 0.358. The van der Waals surface area contributed by atoms with Crippen LogP contribution in [0.2, 0.25) is 5.02 Å². The molecule has 2 aromatic rings. The summed E-state index contributed by atoms with van der Waals surface area (Å²) in [6, 6.07) is 13.7. The molecule has 3 N–H and O–H groups in total. The number of benzene rings is 2. The largest absolute Gasteiger partial charge is 0.389 e. The average molecular weight is 305 g/mol. The summed E-state index contributed by atoms with van der Waals surface area (Å²) in [4.78, 5) is 0.358. The van der Waals surface area contributed by atoms with Gasteiger partial charge in [-0.25, -0.2) is 0 Å². The molecule has 0 radical (unpaired) electrons. The smallest absolute Gasteiger partial charge is 0.106 e. The summed E-state index contributed by atoms with van der Waals surface area (Å²) in [6.45, 7) is 2.16. The quantitative estimate of drug-likeness (QED) is 0.788. The Morgan fingerprint density at radius 2 is 1.95 bits per heavy atom. The summed E-state index contributed by atoms with van der Waals surface area (Å²) < 4.78 is 0. The van der Waals surface area contributed by atoms with Crippen molar-refractivity contribution in [3.05, 3.63) is 58.6 Å². The van der Waals surface area contributed by atoms with Crippen molar-refractivity contribution in [2.75, 3.05) is 5.32 Å². The van der Waals surface area contributed by atoms with E-state index in [1.54, 1.807) is 6.07 Å². The lowest BCUT2D eigenvalue weighted by molar-refractivity contribution is 0.923. The molecular formula is C16H17ClN2S. The van der Waals surface area contributed by atoms with Crippen molar-refractivity contribution in [2.45, 2.75) is 19.8 Å². The summed E-state index contributed by atoms with van der Waals surface area (Å²) in [5.41, 5.74) is 9.74. The third kappa shape index (κ3) is 3.50. The van der Waals surface area contributed by atoms with Crippen molar-refractivity contribution in [3.63, 3.8) is 0 Å². The van der Waals surface area contributed by atoms with Gasteiger partial charge in [-0.2, -0.15) is 0 Å². The number of hydrogen-bond donors (Lipinski definition) is 2. The number of para-hydroxylation sites is 1. The monoisotopic (exact) mass is 304 g/mol. The summed E-state index contributed by atoms with van der Waals surface area (Å²) in [7, 11) is 0. The molecule has 0 fully saturated rings. The van der Waals surface area contributed by atoms with Crippen LogP contribution in [0.25, 0.3) is 0 Å². The Labute approximate surface area is 130 Å². The molecule has 2 rings (SSSR count). The second-order valence-electron chi connectivity index (χ2n) is 4.59. The third-order valence-corrected chi connectivity index (χ3v) is 3.51. The van der Waals surface area contributed by atoms with Gasteiger partial charge in [0.05, 0.1) is 5.69 Å². The van der Waals surface area contributed by atoms with Crippen LogP contribution in [0.1, 0.15) is 24.5 Å². The van der Waals surface area contributed by atoms with Gasteiger partial charge in [-0.1, -0.05) is 55.4 Å². The molecule has 104 valence electrons. The molecule has 0 atom stereocenters. The van der Waals surface area contributed by atoms with E-state index in [1.807, 2.05) is 24.3 Å². The molecule has 0 unspecified atom stereocenters. The summed E-state index contributed by atoms with van der Waals surface area (Å²) in [5.74, 6) is 0. The lowest BCUT2D eigenvalue weighted by Crippen LogP contribution is -2.12. The first-order chi connectivity index (χ1) is 9.61. The van der Waals surface area contributed by atoms with Gasteiger partial charge >= 0.3 is 0 Å². The lowest BCUT2D eigenvalue weighted by Gasteiger charge is -2.15. The number of nitrogens with two attached hydrogens (primary N) is 1. The first-order valence-electron chi connectivity index (χ1n) is 6.56. The first-order valence-corrected chi connectivity index (χ1v) is 7.34. The number of hydrogen-bond acceptors (Lipinski definition) is 2. The Balaban J connectivity index is 2.39. The predicted octanol–water partition coefficient (Wildman–Crippen LogP) is 4.67. The average Bonchev–Trinajstić information content (AvgIpc) is 2.41. The highest BCUT2D eigenvalue weighted by Crippen LogP contribution is 2.27. The fourth-order valence-corrected chi connectivity index (χ4v) is 2.46. The maximum atomic E-state index is 6.06.